The van der Waals surface area contributed by atoms with Crippen molar-refractivity contribution >= 4 is 16.2 Å². The average Bonchev–Trinajstić information content (AvgIpc) is 2.22. The first-order chi connectivity index (χ1) is 7.33. The smallest absolute Gasteiger partial charge is 0.321 e. The number of hydrogen-bond acceptors (Lipinski definition) is 4. The summed E-state index contributed by atoms with van der Waals surface area (Å²) in [7, 11) is -2.36. The maximum Gasteiger partial charge on any atom is 0.321 e. The molecule has 0 spiro atoms. The molecule has 0 bridgehead atoms. The van der Waals surface area contributed by atoms with Gasteiger partial charge in [-0.2, -0.15) is 12.7 Å². The normalized spacial score (nSPS) is 12.1. The summed E-state index contributed by atoms with van der Waals surface area (Å²) < 4.78 is 31.4. The third-order valence-electron chi connectivity index (χ3n) is 1.90. The fraction of sp³-hybridized carbons (Fsp3) is 0.889. The number of hydrogen-bond donors (Lipinski definition) is 1. The van der Waals surface area contributed by atoms with Crippen LogP contribution in [0, 0.1) is 5.92 Å². The van der Waals surface area contributed by atoms with E-state index in [0.29, 0.717) is 6.54 Å². The zero-order valence-corrected chi connectivity index (χ0v) is 11.0. The Hall–Kier alpha value is -0.660. The van der Waals surface area contributed by atoms with E-state index in [2.05, 4.69) is 9.46 Å². The Morgan fingerprint density at radius 1 is 1.44 bits per heavy atom. The van der Waals surface area contributed by atoms with E-state index in [1.165, 1.54) is 7.11 Å². The minimum atomic E-state index is -3.59. The molecule has 6 nitrogen and oxygen atoms in total. The third kappa shape index (κ3) is 5.43. The third-order valence-corrected chi connectivity index (χ3v) is 3.50. The molecule has 0 fully saturated rings. The van der Waals surface area contributed by atoms with Crippen LogP contribution in [0.5, 0.6) is 0 Å². The van der Waals surface area contributed by atoms with E-state index >= 15 is 0 Å². The van der Waals surface area contributed by atoms with Gasteiger partial charge in [0.05, 0.1) is 7.11 Å². The molecule has 16 heavy (non-hydrogen) atoms. The number of likely N-dealkylation sites (N-methyl/N-ethyl adjacent to an activating group) is 1. The maximum absolute atomic E-state index is 11.7. The van der Waals surface area contributed by atoms with Crippen molar-refractivity contribution in [1.29, 1.82) is 0 Å². The molecule has 7 heteroatoms. The highest BCUT2D eigenvalue weighted by molar-refractivity contribution is 7.87. The first kappa shape index (κ1) is 15.3. The van der Waals surface area contributed by atoms with E-state index in [-0.39, 0.29) is 19.0 Å². The van der Waals surface area contributed by atoms with E-state index < -0.39 is 16.2 Å². The molecular formula is C9H20N2O4S. The minimum absolute atomic E-state index is 0.214. The molecule has 0 aliphatic rings. The molecule has 0 heterocycles. The predicted molar refractivity (Wildman–Crippen MR) is 61.0 cm³/mol. The van der Waals surface area contributed by atoms with Crippen molar-refractivity contribution in [3.63, 3.8) is 0 Å². The summed E-state index contributed by atoms with van der Waals surface area (Å²) >= 11 is 0. The summed E-state index contributed by atoms with van der Waals surface area (Å²) in [5.41, 5.74) is 0. The fourth-order valence-corrected chi connectivity index (χ4v) is 2.28. The monoisotopic (exact) mass is 252 g/mol. The highest BCUT2D eigenvalue weighted by atomic mass is 32.2. The molecule has 0 unspecified atom stereocenters. The Morgan fingerprint density at radius 3 is 2.38 bits per heavy atom. The van der Waals surface area contributed by atoms with Gasteiger partial charge >= 0.3 is 5.97 Å². The van der Waals surface area contributed by atoms with Crippen molar-refractivity contribution in [2.45, 2.75) is 20.8 Å². The van der Waals surface area contributed by atoms with Crippen LogP contribution in [-0.4, -0.2) is 45.4 Å². The van der Waals surface area contributed by atoms with Crippen LogP contribution in [0.3, 0.4) is 0 Å². The van der Waals surface area contributed by atoms with E-state index in [4.69, 9.17) is 0 Å². The van der Waals surface area contributed by atoms with Crippen LogP contribution >= 0.6 is 0 Å². The van der Waals surface area contributed by atoms with Crippen LogP contribution in [0.4, 0.5) is 0 Å². The summed E-state index contributed by atoms with van der Waals surface area (Å²) in [5.74, 6) is -0.358. The molecule has 0 atom stereocenters. The second-order valence-corrected chi connectivity index (χ2v) is 5.50. The molecule has 0 aromatic carbocycles. The number of rotatable bonds is 7. The van der Waals surface area contributed by atoms with Gasteiger partial charge in [0.2, 0.25) is 0 Å². The van der Waals surface area contributed by atoms with Gasteiger partial charge in [0, 0.05) is 13.1 Å². The topological polar surface area (TPSA) is 75.7 Å². The van der Waals surface area contributed by atoms with Gasteiger partial charge in [0.25, 0.3) is 10.2 Å². The zero-order valence-electron chi connectivity index (χ0n) is 10.2. The summed E-state index contributed by atoms with van der Waals surface area (Å²) in [6.07, 6.45) is 0. The van der Waals surface area contributed by atoms with Crippen molar-refractivity contribution in [1.82, 2.24) is 9.03 Å². The van der Waals surface area contributed by atoms with Crippen molar-refractivity contribution < 1.29 is 17.9 Å². The minimum Gasteiger partial charge on any atom is -0.468 e. The highest BCUT2D eigenvalue weighted by Crippen LogP contribution is 1.99. The Morgan fingerprint density at radius 2 is 2.00 bits per heavy atom. The zero-order chi connectivity index (χ0) is 12.8. The Balaban J connectivity index is 4.49. The SMILES string of the molecule is CCN(CC(=O)OC)S(=O)(=O)NCC(C)C. The Labute approximate surface area is 97.1 Å². The van der Waals surface area contributed by atoms with Crippen LogP contribution in [-0.2, 0) is 19.7 Å². The van der Waals surface area contributed by atoms with E-state index in [1.807, 2.05) is 13.8 Å². The molecule has 0 rings (SSSR count). The largest absolute Gasteiger partial charge is 0.468 e. The van der Waals surface area contributed by atoms with Gasteiger partial charge in [-0.1, -0.05) is 20.8 Å². The maximum atomic E-state index is 11.7. The van der Waals surface area contributed by atoms with Gasteiger partial charge in [0.15, 0.2) is 0 Å². The summed E-state index contributed by atoms with van der Waals surface area (Å²) in [4.78, 5) is 11.0. The quantitative estimate of drug-likeness (QED) is 0.646. The molecule has 1 N–H and O–H groups in total. The highest BCUT2D eigenvalue weighted by Gasteiger charge is 2.22. The standard InChI is InChI=1S/C9H20N2O4S/c1-5-11(7-9(12)15-4)16(13,14)10-6-8(2)3/h8,10H,5-7H2,1-4H3. The first-order valence-corrected chi connectivity index (χ1v) is 6.59. The van der Waals surface area contributed by atoms with Crippen molar-refractivity contribution in [2.24, 2.45) is 5.92 Å². The molecule has 0 aliphatic heterocycles. The molecule has 0 radical (unpaired) electrons. The van der Waals surface area contributed by atoms with E-state index in [0.717, 1.165) is 4.31 Å². The molecular weight excluding hydrogens is 232 g/mol. The molecule has 0 saturated carbocycles. The fourth-order valence-electron chi connectivity index (χ4n) is 0.939. The number of nitrogens with zero attached hydrogens (tertiary/aromatic N) is 1. The second-order valence-electron chi connectivity index (χ2n) is 3.75. The molecule has 0 aliphatic carbocycles. The number of esters is 1. The lowest BCUT2D eigenvalue weighted by molar-refractivity contribution is -0.140. The number of carbonyl (C=O) groups is 1. The molecule has 96 valence electrons. The van der Waals surface area contributed by atoms with Crippen molar-refractivity contribution in [3.05, 3.63) is 0 Å². The lowest BCUT2D eigenvalue weighted by Crippen LogP contribution is -2.44. The van der Waals surface area contributed by atoms with Crippen LogP contribution in [0.2, 0.25) is 0 Å². The average molecular weight is 252 g/mol. The molecule has 0 aromatic heterocycles. The van der Waals surface area contributed by atoms with E-state index in [9.17, 15) is 13.2 Å². The Bertz CT molecular complexity index is 313. The van der Waals surface area contributed by atoms with Crippen molar-refractivity contribution in [2.75, 3.05) is 26.7 Å². The van der Waals surface area contributed by atoms with Crippen LogP contribution in [0.15, 0.2) is 0 Å². The number of nitrogens with one attached hydrogen (secondary N) is 1. The van der Waals surface area contributed by atoms with Gasteiger partial charge in [0.1, 0.15) is 6.54 Å². The lowest BCUT2D eigenvalue weighted by atomic mass is 10.2. The Kier molecular flexibility index (Phi) is 6.54. The molecule has 0 amide bonds. The number of carbonyl (C=O) groups excluding carboxylic acids is 1. The summed E-state index contributed by atoms with van der Waals surface area (Å²) in [6.45, 7) is 5.78. The van der Waals surface area contributed by atoms with Crippen LogP contribution < -0.4 is 4.72 Å². The van der Waals surface area contributed by atoms with Gasteiger partial charge in [-0.25, -0.2) is 4.72 Å². The number of methoxy groups -OCH3 is 1. The lowest BCUT2D eigenvalue weighted by Gasteiger charge is -2.20. The van der Waals surface area contributed by atoms with Gasteiger partial charge in [-0.15, -0.1) is 0 Å². The first-order valence-electron chi connectivity index (χ1n) is 5.15. The van der Waals surface area contributed by atoms with E-state index in [1.54, 1.807) is 6.92 Å². The van der Waals surface area contributed by atoms with Gasteiger partial charge < -0.3 is 4.74 Å². The summed E-state index contributed by atoms with van der Waals surface area (Å²) in [6, 6.07) is 0. The predicted octanol–water partition coefficient (Wildman–Crippen LogP) is -0.0283. The van der Waals surface area contributed by atoms with Crippen LogP contribution in [0.25, 0.3) is 0 Å². The number of ether oxygens (including phenoxy) is 1. The van der Waals surface area contributed by atoms with Gasteiger partial charge in [-0.3, -0.25) is 4.79 Å². The second kappa shape index (κ2) is 6.82. The molecule has 0 aromatic rings. The van der Waals surface area contributed by atoms with Crippen LogP contribution in [0.1, 0.15) is 20.8 Å². The van der Waals surface area contributed by atoms with Crippen molar-refractivity contribution in [3.8, 4) is 0 Å². The molecule has 0 saturated heterocycles. The van der Waals surface area contributed by atoms with Gasteiger partial charge in [-0.05, 0) is 5.92 Å². The summed E-state index contributed by atoms with van der Waals surface area (Å²) in [5, 5.41) is 0.